The van der Waals surface area contributed by atoms with E-state index < -0.39 is 36.9 Å². The highest BCUT2D eigenvalue weighted by Gasteiger charge is 2.19. The van der Waals surface area contributed by atoms with Crippen molar-refractivity contribution in [2.24, 2.45) is 0 Å². The molecule has 0 heterocycles. The highest BCUT2D eigenvalue weighted by Crippen LogP contribution is 1.96. The van der Waals surface area contributed by atoms with Gasteiger partial charge in [-0.3, -0.25) is 9.59 Å². The number of carbonyl (C=O) groups is 2. The molecule has 2 amide bonds. The molecule has 0 aliphatic heterocycles. The molecule has 0 aliphatic rings. The molecule has 2 unspecified atom stereocenters. The van der Waals surface area contributed by atoms with Crippen LogP contribution in [0.5, 0.6) is 0 Å². The second-order valence-corrected chi connectivity index (χ2v) is 3.99. The molecular formula is C14H26N2O8. The molecule has 0 aromatic carbocycles. The van der Waals surface area contributed by atoms with Gasteiger partial charge in [-0.15, -0.1) is 0 Å². The summed E-state index contributed by atoms with van der Waals surface area (Å²) in [5.41, 5.74) is 0. The van der Waals surface area contributed by atoms with Crippen molar-refractivity contribution in [1.82, 2.24) is 10.6 Å². The smallest absolute Gasteiger partial charge is 0.245 e. The number of rotatable bonds is 10. The first-order valence-corrected chi connectivity index (χ1v) is 6.64. The Kier molecular flexibility index (Phi) is 15.0. The molecular weight excluding hydrogens is 324 g/mol. The van der Waals surface area contributed by atoms with Gasteiger partial charge in [-0.2, -0.15) is 0 Å². The standard InChI is InChI=1S/2C7H13NO4/c2*1-4-5(9)8-6(10)7(11-2)12-3/h2*4,6-7,10H,1H2,2-3H3,(H,8,9). The molecule has 2 atom stereocenters. The molecule has 10 nitrogen and oxygen atoms in total. The summed E-state index contributed by atoms with van der Waals surface area (Å²) in [5, 5.41) is 22.7. The van der Waals surface area contributed by atoms with E-state index in [1.807, 2.05) is 0 Å². The van der Waals surface area contributed by atoms with Crippen LogP contribution < -0.4 is 10.6 Å². The van der Waals surface area contributed by atoms with Crippen molar-refractivity contribution in [1.29, 1.82) is 0 Å². The largest absolute Gasteiger partial charge is 0.369 e. The maximum atomic E-state index is 10.7. The molecule has 4 N–H and O–H groups in total. The number of nitrogens with one attached hydrogen (secondary N) is 2. The summed E-state index contributed by atoms with van der Waals surface area (Å²) in [6.45, 7) is 6.44. The number of carbonyl (C=O) groups excluding carboxylic acids is 2. The Balaban J connectivity index is 0. The lowest BCUT2D eigenvalue weighted by Crippen LogP contribution is -2.44. The average Bonchev–Trinajstić information content (AvgIpc) is 2.57. The molecule has 0 radical (unpaired) electrons. The fourth-order valence-corrected chi connectivity index (χ4v) is 1.25. The molecule has 0 aliphatic carbocycles. The highest BCUT2D eigenvalue weighted by molar-refractivity contribution is 5.87. The predicted octanol–water partition coefficient (Wildman–Crippen LogP) is -1.55. The molecule has 0 bridgehead atoms. The number of amides is 2. The number of hydrogen-bond acceptors (Lipinski definition) is 8. The number of aliphatic hydroxyl groups excluding tert-OH is 2. The maximum Gasteiger partial charge on any atom is 0.245 e. The van der Waals surface area contributed by atoms with E-state index in [2.05, 4.69) is 42.7 Å². The van der Waals surface area contributed by atoms with Gasteiger partial charge in [0.05, 0.1) is 0 Å². The van der Waals surface area contributed by atoms with Crippen molar-refractivity contribution in [2.45, 2.75) is 25.0 Å². The number of hydrogen-bond donors (Lipinski definition) is 4. The van der Waals surface area contributed by atoms with Crippen LogP contribution in [0.4, 0.5) is 0 Å². The van der Waals surface area contributed by atoms with Crippen molar-refractivity contribution in [2.75, 3.05) is 28.4 Å². The predicted molar refractivity (Wildman–Crippen MR) is 84.3 cm³/mol. The van der Waals surface area contributed by atoms with E-state index in [1.165, 1.54) is 28.4 Å². The van der Waals surface area contributed by atoms with Gasteiger partial charge in [0, 0.05) is 28.4 Å². The number of aliphatic hydroxyl groups is 2. The normalized spacial score (nSPS) is 12.7. The molecule has 0 spiro atoms. The van der Waals surface area contributed by atoms with Gasteiger partial charge >= 0.3 is 0 Å². The summed E-state index contributed by atoms with van der Waals surface area (Å²) < 4.78 is 18.7. The van der Waals surface area contributed by atoms with Crippen molar-refractivity contribution in [3.8, 4) is 0 Å². The second kappa shape index (κ2) is 14.8. The third kappa shape index (κ3) is 10.8. The van der Waals surface area contributed by atoms with E-state index in [4.69, 9.17) is 0 Å². The summed E-state index contributed by atoms with van der Waals surface area (Å²) in [5.74, 6) is -0.969. The minimum absolute atomic E-state index is 0.485. The van der Waals surface area contributed by atoms with E-state index in [9.17, 15) is 19.8 Å². The molecule has 0 fully saturated rings. The van der Waals surface area contributed by atoms with E-state index in [0.29, 0.717) is 0 Å². The first kappa shape index (κ1) is 24.4. The summed E-state index contributed by atoms with van der Waals surface area (Å²) in [6, 6.07) is 0. The van der Waals surface area contributed by atoms with Crippen LogP contribution in [0.1, 0.15) is 0 Å². The van der Waals surface area contributed by atoms with Gasteiger partial charge in [0.2, 0.25) is 24.4 Å². The molecule has 0 aromatic heterocycles. The highest BCUT2D eigenvalue weighted by atomic mass is 16.7. The fraction of sp³-hybridized carbons (Fsp3) is 0.571. The van der Waals surface area contributed by atoms with Gasteiger partial charge in [-0.1, -0.05) is 13.2 Å². The molecule has 0 saturated carbocycles. The fourth-order valence-electron chi connectivity index (χ4n) is 1.25. The first-order valence-electron chi connectivity index (χ1n) is 6.64. The lowest BCUT2D eigenvalue weighted by atomic mass is 10.5. The van der Waals surface area contributed by atoms with Crippen molar-refractivity contribution in [3.63, 3.8) is 0 Å². The Labute approximate surface area is 141 Å². The lowest BCUT2D eigenvalue weighted by molar-refractivity contribution is -0.175. The molecule has 0 aromatic rings. The summed E-state index contributed by atoms with van der Waals surface area (Å²) >= 11 is 0. The molecule has 10 heteroatoms. The van der Waals surface area contributed by atoms with Gasteiger partial charge in [0.15, 0.2) is 12.5 Å². The van der Waals surface area contributed by atoms with Crippen molar-refractivity contribution < 1.29 is 38.7 Å². The number of methoxy groups -OCH3 is 4. The van der Waals surface area contributed by atoms with Crippen LogP contribution in [0.25, 0.3) is 0 Å². The average molecular weight is 350 g/mol. The summed E-state index contributed by atoms with van der Waals surface area (Å²) in [4.78, 5) is 21.3. The van der Waals surface area contributed by atoms with E-state index in [0.717, 1.165) is 12.2 Å². The van der Waals surface area contributed by atoms with Crippen LogP contribution in [0, 0.1) is 0 Å². The first-order chi connectivity index (χ1) is 11.3. The van der Waals surface area contributed by atoms with Crippen LogP contribution in [0.15, 0.2) is 25.3 Å². The molecule has 0 rings (SSSR count). The molecule has 24 heavy (non-hydrogen) atoms. The SMILES string of the molecule is C=CC(=O)NC(O)C(OC)OC.C=CC(=O)NC(O)C(OC)OC. The van der Waals surface area contributed by atoms with E-state index >= 15 is 0 Å². The van der Waals surface area contributed by atoms with Gasteiger partial charge in [0.1, 0.15) is 0 Å². The van der Waals surface area contributed by atoms with Crippen molar-refractivity contribution >= 4 is 11.8 Å². The van der Waals surface area contributed by atoms with E-state index in [-0.39, 0.29) is 0 Å². The monoisotopic (exact) mass is 350 g/mol. The zero-order chi connectivity index (χ0) is 19.1. The minimum Gasteiger partial charge on any atom is -0.369 e. The Morgan fingerprint density at radius 1 is 0.792 bits per heavy atom. The van der Waals surface area contributed by atoms with Crippen LogP contribution >= 0.6 is 0 Å². The Morgan fingerprint density at radius 2 is 1.04 bits per heavy atom. The number of ether oxygens (including phenoxy) is 4. The lowest BCUT2D eigenvalue weighted by Gasteiger charge is -2.19. The van der Waals surface area contributed by atoms with Crippen LogP contribution in [-0.2, 0) is 28.5 Å². The van der Waals surface area contributed by atoms with Crippen LogP contribution in [0.3, 0.4) is 0 Å². The summed E-state index contributed by atoms with van der Waals surface area (Å²) in [6.07, 6.45) is -2.02. The van der Waals surface area contributed by atoms with Gasteiger partial charge in [-0.05, 0) is 12.2 Å². The van der Waals surface area contributed by atoms with Gasteiger partial charge in [-0.25, -0.2) is 0 Å². The summed E-state index contributed by atoms with van der Waals surface area (Å²) in [7, 11) is 5.43. The minimum atomic E-state index is -1.19. The zero-order valence-corrected chi connectivity index (χ0v) is 14.2. The topological polar surface area (TPSA) is 136 Å². The Morgan fingerprint density at radius 3 is 1.21 bits per heavy atom. The van der Waals surface area contributed by atoms with Crippen LogP contribution in [-0.4, -0.2) is 75.5 Å². The third-order valence-corrected chi connectivity index (χ3v) is 2.40. The van der Waals surface area contributed by atoms with Crippen LogP contribution in [0.2, 0.25) is 0 Å². The van der Waals surface area contributed by atoms with Crippen molar-refractivity contribution in [3.05, 3.63) is 25.3 Å². The van der Waals surface area contributed by atoms with Gasteiger partial charge < -0.3 is 39.8 Å². The Hall–Kier alpha value is -1.82. The maximum absolute atomic E-state index is 10.7. The van der Waals surface area contributed by atoms with Gasteiger partial charge in [0.25, 0.3) is 0 Å². The third-order valence-electron chi connectivity index (χ3n) is 2.40. The van der Waals surface area contributed by atoms with E-state index in [1.54, 1.807) is 0 Å². The second-order valence-electron chi connectivity index (χ2n) is 3.99. The quantitative estimate of drug-likeness (QED) is 0.275. The molecule has 0 saturated heterocycles. The zero-order valence-electron chi connectivity index (χ0n) is 14.2. The molecule has 140 valence electrons. The Bertz CT molecular complexity index is 347.